The van der Waals surface area contributed by atoms with Gasteiger partial charge in [0.25, 0.3) is 10.0 Å². The number of sulfonamides is 1. The van der Waals surface area contributed by atoms with Gasteiger partial charge in [0.15, 0.2) is 11.7 Å². The zero-order valence-corrected chi connectivity index (χ0v) is 13.5. The minimum absolute atomic E-state index is 0.0245. The van der Waals surface area contributed by atoms with Crippen molar-refractivity contribution < 1.29 is 23.1 Å². The number of hydrogen-bond acceptors (Lipinski definition) is 6. The van der Waals surface area contributed by atoms with Gasteiger partial charge >= 0.3 is 5.97 Å². The summed E-state index contributed by atoms with van der Waals surface area (Å²) >= 11 is 4.34. The molecule has 10 heteroatoms. The third-order valence-corrected chi connectivity index (χ3v) is 5.07. The number of anilines is 1. The molecule has 0 aliphatic heterocycles. The molecule has 2 rings (SSSR count). The van der Waals surface area contributed by atoms with E-state index < -0.39 is 22.6 Å². The first-order valence-corrected chi connectivity index (χ1v) is 8.55. The molecule has 0 aliphatic rings. The molecule has 2 N–H and O–H groups in total. The first kappa shape index (κ1) is 15.7. The minimum atomic E-state index is -3.74. The van der Waals surface area contributed by atoms with Gasteiger partial charge in [0, 0.05) is 0 Å². The number of carboxylic acids is 1. The molecule has 0 amide bonds. The van der Waals surface area contributed by atoms with E-state index in [2.05, 4.69) is 25.6 Å². The van der Waals surface area contributed by atoms with Crippen LogP contribution in [0.5, 0.6) is 5.75 Å². The SMILES string of the molecule is O=C(O)COc1ccc(S(=O)(=O)Nc2ncc(Br)s2)cc1. The van der Waals surface area contributed by atoms with Crippen molar-refractivity contribution >= 4 is 48.4 Å². The summed E-state index contributed by atoms with van der Waals surface area (Å²) in [5, 5.41) is 8.73. The van der Waals surface area contributed by atoms with Crippen molar-refractivity contribution in [1.82, 2.24) is 4.98 Å². The van der Waals surface area contributed by atoms with E-state index in [0.717, 1.165) is 11.3 Å². The van der Waals surface area contributed by atoms with Crippen LogP contribution >= 0.6 is 27.3 Å². The normalized spacial score (nSPS) is 11.1. The van der Waals surface area contributed by atoms with Gasteiger partial charge in [0.2, 0.25) is 0 Å². The topological polar surface area (TPSA) is 106 Å². The number of halogens is 1. The van der Waals surface area contributed by atoms with Gasteiger partial charge in [0.1, 0.15) is 5.75 Å². The highest BCUT2D eigenvalue weighted by atomic mass is 79.9. The largest absolute Gasteiger partial charge is 0.482 e. The average Bonchev–Trinajstić information content (AvgIpc) is 2.81. The minimum Gasteiger partial charge on any atom is -0.482 e. The maximum absolute atomic E-state index is 12.1. The predicted octanol–water partition coefficient (Wildman–Crippen LogP) is 2.17. The lowest BCUT2D eigenvalue weighted by Crippen LogP contribution is -2.13. The van der Waals surface area contributed by atoms with Crippen LogP contribution in [-0.4, -0.2) is 31.1 Å². The van der Waals surface area contributed by atoms with Crippen LogP contribution in [0.15, 0.2) is 39.1 Å². The van der Waals surface area contributed by atoms with Crippen LogP contribution in [0, 0.1) is 0 Å². The van der Waals surface area contributed by atoms with Gasteiger partial charge in [-0.2, -0.15) is 0 Å². The van der Waals surface area contributed by atoms with Crippen molar-refractivity contribution in [2.24, 2.45) is 0 Å². The highest BCUT2D eigenvalue weighted by Gasteiger charge is 2.16. The second-order valence-corrected chi connectivity index (χ2v) is 7.82. The summed E-state index contributed by atoms with van der Waals surface area (Å²) in [6, 6.07) is 5.41. The highest BCUT2D eigenvalue weighted by Crippen LogP contribution is 2.26. The van der Waals surface area contributed by atoms with E-state index >= 15 is 0 Å². The molecule has 21 heavy (non-hydrogen) atoms. The van der Waals surface area contributed by atoms with E-state index in [1.54, 1.807) is 0 Å². The van der Waals surface area contributed by atoms with Crippen LogP contribution in [0.2, 0.25) is 0 Å². The number of aliphatic carboxylic acids is 1. The second-order valence-electron chi connectivity index (χ2n) is 3.73. The first-order valence-electron chi connectivity index (χ1n) is 5.45. The number of thiazole rings is 1. The summed E-state index contributed by atoms with van der Waals surface area (Å²) in [7, 11) is -3.74. The quantitative estimate of drug-likeness (QED) is 0.779. The smallest absolute Gasteiger partial charge is 0.341 e. The monoisotopic (exact) mass is 392 g/mol. The number of nitrogens with one attached hydrogen (secondary N) is 1. The van der Waals surface area contributed by atoms with Crippen molar-refractivity contribution in [3.63, 3.8) is 0 Å². The molecule has 0 saturated carbocycles. The van der Waals surface area contributed by atoms with Gasteiger partial charge in [-0.3, -0.25) is 4.72 Å². The van der Waals surface area contributed by atoms with E-state index in [1.165, 1.54) is 30.5 Å². The van der Waals surface area contributed by atoms with Gasteiger partial charge in [-0.05, 0) is 40.2 Å². The Bertz CT molecular complexity index is 742. The molecule has 0 bridgehead atoms. The van der Waals surface area contributed by atoms with Crippen molar-refractivity contribution in [3.05, 3.63) is 34.2 Å². The summed E-state index contributed by atoms with van der Waals surface area (Å²) in [6.45, 7) is -0.489. The summed E-state index contributed by atoms with van der Waals surface area (Å²) in [5.74, 6) is -0.837. The molecule has 1 aromatic heterocycles. The molecule has 0 atom stereocenters. The Labute approximate surface area is 132 Å². The second kappa shape index (κ2) is 6.41. The Hall–Kier alpha value is -1.65. The number of aromatic nitrogens is 1. The van der Waals surface area contributed by atoms with Gasteiger partial charge < -0.3 is 9.84 Å². The molecule has 2 aromatic rings. The fourth-order valence-electron chi connectivity index (χ4n) is 1.34. The molecule has 0 radical (unpaired) electrons. The van der Waals surface area contributed by atoms with E-state index in [4.69, 9.17) is 9.84 Å². The van der Waals surface area contributed by atoms with Crippen LogP contribution in [0.3, 0.4) is 0 Å². The van der Waals surface area contributed by atoms with Crippen LogP contribution in [0.1, 0.15) is 0 Å². The van der Waals surface area contributed by atoms with Gasteiger partial charge in [-0.1, -0.05) is 11.3 Å². The fraction of sp³-hybridized carbons (Fsp3) is 0.0909. The molecule has 0 spiro atoms. The number of hydrogen-bond donors (Lipinski definition) is 2. The van der Waals surface area contributed by atoms with E-state index in [-0.39, 0.29) is 15.8 Å². The Morgan fingerprint density at radius 2 is 2.05 bits per heavy atom. The van der Waals surface area contributed by atoms with Gasteiger partial charge in [-0.25, -0.2) is 18.2 Å². The molecule has 0 fully saturated rings. The summed E-state index contributed by atoms with van der Waals surface area (Å²) in [6.07, 6.45) is 1.49. The summed E-state index contributed by atoms with van der Waals surface area (Å²) in [5.41, 5.74) is 0. The third-order valence-electron chi connectivity index (χ3n) is 2.20. The maximum Gasteiger partial charge on any atom is 0.341 e. The van der Waals surface area contributed by atoms with Crippen molar-refractivity contribution in [2.75, 3.05) is 11.3 Å². The molecule has 0 unspecified atom stereocenters. The molecular weight excluding hydrogens is 384 g/mol. The molecule has 1 heterocycles. The van der Waals surface area contributed by atoms with E-state index in [0.29, 0.717) is 3.79 Å². The van der Waals surface area contributed by atoms with E-state index in [9.17, 15) is 13.2 Å². The van der Waals surface area contributed by atoms with Gasteiger partial charge in [0.05, 0.1) is 14.9 Å². The Morgan fingerprint density at radius 3 is 2.57 bits per heavy atom. The van der Waals surface area contributed by atoms with Crippen molar-refractivity contribution in [1.29, 1.82) is 0 Å². The molecular formula is C11H9BrN2O5S2. The lowest BCUT2D eigenvalue weighted by molar-refractivity contribution is -0.139. The average molecular weight is 393 g/mol. The standard InChI is InChI=1S/C11H9BrN2O5S2/c12-9-5-13-11(20-9)14-21(17,18)8-3-1-7(2-4-8)19-6-10(15)16/h1-5H,6H2,(H,13,14)(H,15,16). The number of rotatable bonds is 6. The molecule has 1 aromatic carbocycles. The van der Waals surface area contributed by atoms with Crippen molar-refractivity contribution in [3.8, 4) is 5.75 Å². The lowest BCUT2D eigenvalue weighted by atomic mass is 10.3. The zero-order valence-electron chi connectivity index (χ0n) is 10.3. The number of benzene rings is 1. The Balaban J connectivity index is 2.11. The third kappa shape index (κ3) is 4.41. The maximum atomic E-state index is 12.1. The number of nitrogens with zero attached hydrogens (tertiary/aromatic N) is 1. The molecule has 112 valence electrons. The number of carboxylic acid groups (broad SMARTS) is 1. The molecule has 7 nitrogen and oxygen atoms in total. The summed E-state index contributed by atoms with van der Waals surface area (Å²) < 4.78 is 32.2. The number of carbonyl (C=O) groups is 1. The van der Waals surface area contributed by atoms with Crippen LogP contribution in [0.25, 0.3) is 0 Å². The van der Waals surface area contributed by atoms with E-state index in [1.807, 2.05) is 0 Å². The Kier molecular flexibility index (Phi) is 4.80. The van der Waals surface area contributed by atoms with Crippen LogP contribution in [0.4, 0.5) is 5.13 Å². The van der Waals surface area contributed by atoms with Gasteiger partial charge in [-0.15, -0.1) is 0 Å². The first-order chi connectivity index (χ1) is 9.87. The highest BCUT2D eigenvalue weighted by molar-refractivity contribution is 9.11. The summed E-state index contributed by atoms with van der Waals surface area (Å²) in [4.78, 5) is 14.3. The fourth-order valence-corrected chi connectivity index (χ4v) is 3.68. The number of ether oxygens (including phenoxy) is 1. The van der Waals surface area contributed by atoms with Crippen LogP contribution in [-0.2, 0) is 14.8 Å². The van der Waals surface area contributed by atoms with Crippen molar-refractivity contribution in [2.45, 2.75) is 4.90 Å². The lowest BCUT2D eigenvalue weighted by Gasteiger charge is -2.07. The molecule has 0 saturated heterocycles. The Morgan fingerprint density at radius 1 is 1.38 bits per heavy atom. The zero-order chi connectivity index (χ0) is 15.5. The predicted molar refractivity (Wildman–Crippen MR) is 80.2 cm³/mol. The van der Waals surface area contributed by atoms with Crippen LogP contribution < -0.4 is 9.46 Å². The molecule has 0 aliphatic carbocycles.